The maximum Gasteiger partial charge on any atom is 0.341 e. The van der Waals surface area contributed by atoms with E-state index in [-0.39, 0.29) is 18.0 Å². The van der Waals surface area contributed by atoms with Crippen LogP contribution in [0.2, 0.25) is 0 Å². The maximum absolute atomic E-state index is 13.0. The largest absolute Gasteiger partial charge is 0.481 e. The second-order valence-corrected chi connectivity index (χ2v) is 6.79. The number of amides is 3. The number of rotatable bonds is 6. The van der Waals surface area contributed by atoms with Crippen LogP contribution in [-0.4, -0.2) is 34.5 Å². The molecule has 0 spiro atoms. The van der Waals surface area contributed by atoms with Gasteiger partial charge >= 0.3 is 12.0 Å². The van der Waals surface area contributed by atoms with Gasteiger partial charge in [-0.05, 0) is 42.0 Å². The van der Waals surface area contributed by atoms with Crippen molar-refractivity contribution in [2.24, 2.45) is 0 Å². The minimum atomic E-state index is -1.14. The number of hydrogen-bond acceptors (Lipinski definition) is 4. The Kier molecular flexibility index (Phi) is 5.74. The van der Waals surface area contributed by atoms with Crippen molar-refractivity contribution < 1.29 is 28.6 Å². The second kappa shape index (κ2) is 8.22. The first-order valence-corrected chi connectivity index (χ1v) is 8.86. The van der Waals surface area contributed by atoms with E-state index in [0.29, 0.717) is 15.6 Å². The van der Waals surface area contributed by atoms with Gasteiger partial charge in [-0.25, -0.2) is 14.0 Å². The molecule has 0 atom stereocenters. The molecule has 1 fully saturated rings. The molecule has 1 heterocycles. The third kappa shape index (κ3) is 4.55. The van der Waals surface area contributed by atoms with Gasteiger partial charge in [0.1, 0.15) is 17.3 Å². The number of nitrogens with zero attached hydrogens (tertiary/aromatic N) is 1. The highest BCUT2D eigenvalue weighted by Crippen LogP contribution is 2.27. The summed E-state index contributed by atoms with van der Waals surface area (Å²) in [5.74, 6) is -1.86. The van der Waals surface area contributed by atoms with Crippen LogP contribution in [0.15, 0.2) is 52.6 Å². The van der Waals surface area contributed by atoms with E-state index < -0.39 is 30.3 Å². The van der Waals surface area contributed by atoms with Gasteiger partial charge in [0.25, 0.3) is 5.91 Å². The molecule has 1 aliphatic heterocycles. The lowest BCUT2D eigenvalue weighted by atomic mass is 10.1. The molecule has 0 saturated carbocycles. The number of ether oxygens (including phenoxy) is 1. The van der Waals surface area contributed by atoms with Gasteiger partial charge in [0.15, 0.2) is 6.61 Å². The van der Waals surface area contributed by atoms with E-state index in [4.69, 9.17) is 9.84 Å². The van der Waals surface area contributed by atoms with Gasteiger partial charge in [-0.1, -0.05) is 28.1 Å². The van der Waals surface area contributed by atoms with E-state index in [9.17, 15) is 18.8 Å². The van der Waals surface area contributed by atoms with E-state index >= 15 is 0 Å². The van der Waals surface area contributed by atoms with Crippen LogP contribution in [0.5, 0.6) is 5.75 Å². The molecule has 2 N–H and O–H groups in total. The molecule has 28 heavy (non-hydrogen) atoms. The van der Waals surface area contributed by atoms with Gasteiger partial charge in [-0.15, -0.1) is 0 Å². The molecule has 0 aromatic heterocycles. The van der Waals surface area contributed by atoms with E-state index in [1.54, 1.807) is 18.2 Å². The Balaban J connectivity index is 1.84. The number of hydrogen-bond donors (Lipinski definition) is 2. The first kappa shape index (κ1) is 19.6. The van der Waals surface area contributed by atoms with Crippen molar-refractivity contribution in [1.29, 1.82) is 0 Å². The van der Waals surface area contributed by atoms with Crippen molar-refractivity contribution in [2.75, 3.05) is 6.61 Å². The van der Waals surface area contributed by atoms with Crippen LogP contribution in [0, 0.1) is 5.82 Å². The van der Waals surface area contributed by atoms with Crippen molar-refractivity contribution in [3.63, 3.8) is 0 Å². The molecule has 3 amide bonds. The zero-order valence-corrected chi connectivity index (χ0v) is 15.9. The number of carbonyl (C=O) groups is 3. The Morgan fingerprint density at radius 1 is 1.21 bits per heavy atom. The normalized spacial score (nSPS) is 15.1. The smallest absolute Gasteiger partial charge is 0.341 e. The fourth-order valence-electron chi connectivity index (χ4n) is 2.55. The lowest BCUT2D eigenvalue weighted by molar-refractivity contribution is -0.139. The quantitative estimate of drug-likeness (QED) is 0.522. The summed E-state index contributed by atoms with van der Waals surface area (Å²) >= 11 is 3.30. The molecule has 2 aromatic carbocycles. The van der Waals surface area contributed by atoms with Crippen molar-refractivity contribution in [2.45, 2.75) is 6.54 Å². The summed E-state index contributed by atoms with van der Waals surface area (Å²) in [6.45, 7) is -0.558. The maximum atomic E-state index is 13.0. The van der Waals surface area contributed by atoms with E-state index in [1.165, 1.54) is 30.3 Å². The van der Waals surface area contributed by atoms with Crippen molar-refractivity contribution in [1.82, 2.24) is 10.2 Å². The van der Waals surface area contributed by atoms with Gasteiger partial charge < -0.3 is 15.2 Å². The lowest BCUT2D eigenvalue weighted by Crippen LogP contribution is -2.30. The van der Waals surface area contributed by atoms with E-state index in [0.717, 1.165) is 4.90 Å². The fraction of sp³-hybridized carbons (Fsp3) is 0.105. The molecule has 1 saturated heterocycles. The monoisotopic (exact) mass is 448 g/mol. The van der Waals surface area contributed by atoms with Gasteiger partial charge in [0, 0.05) is 10.0 Å². The molecule has 0 unspecified atom stereocenters. The highest BCUT2D eigenvalue weighted by Gasteiger charge is 2.33. The van der Waals surface area contributed by atoms with Crippen molar-refractivity contribution in [3.8, 4) is 5.75 Å². The van der Waals surface area contributed by atoms with Crippen molar-refractivity contribution >= 4 is 39.9 Å². The number of urea groups is 1. The van der Waals surface area contributed by atoms with Gasteiger partial charge in [-0.2, -0.15) is 0 Å². The number of nitrogens with one attached hydrogen (secondary N) is 1. The number of carbonyl (C=O) groups excluding carboxylic acids is 2. The first-order valence-electron chi connectivity index (χ1n) is 8.06. The fourth-order valence-corrected chi connectivity index (χ4v) is 2.92. The summed E-state index contributed by atoms with van der Waals surface area (Å²) in [5, 5.41) is 11.3. The molecule has 3 rings (SSSR count). The molecule has 0 radical (unpaired) electrons. The molecule has 144 valence electrons. The van der Waals surface area contributed by atoms with E-state index in [2.05, 4.69) is 21.2 Å². The van der Waals surface area contributed by atoms with Crippen LogP contribution < -0.4 is 10.1 Å². The summed E-state index contributed by atoms with van der Waals surface area (Å²) < 4.78 is 18.9. The Bertz CT molecular complexity index is 975. The molecule has 1 aliphatic rings. The standard InChI is InChI=1S/C19H14BrFN2O5/c20-13-3-6-16(28-10-17(24)25)12(7-13)8-15-18(26)23(19(27)22-15)9-11-1-4-14(21)5-2-11/h1-8H,9-10H2,(H,22,27)(H,24,25). The molecule has 2 aromatic rings. The van der Waals surface area contributed by atoms with Crippen LogP contribution in [0.3, 0.4) is 0 Å². The SMILES string of the molecule is O=C(O)COc1ccc(Br)cc1C=C1NC(=O)N(Cc2ccc(F)cc2)C1=O. The van der Waals surface area contributed by atoms with Gasteiger partial charge in [0.05, 0.1) is 6.54 Å². The minimum absolute atomic E-state index is 0.0108. The zero-order valence-electron chi connectivity index (χ0n) is 14.3. The van der Waals surface area contributed by atoms with E-state index in [1.807, 2.05) is 0 Å². The average Bonchev–Trinajstić information content (AvgIpc) is 2.90. The van der Waals surface area contributed by atoms with Crippen LogP contribution in [0.4, 0.5) is 9.18 Å². The van der Waals surface area contributed by atoms with Crippen LogP contribution >= 0.6 is 15.9 Å². The number of halogens is 2. The topological polar surface area (TPSA) is 95.9 Å². The van der Waals surface area contributed by atoms with Crippen LogP contribution in [0.1, 0.15) is 11.1 Å². The minimum Gasteiger partial charge on any atom is -0.481 e. The average molecular weight is 449 g/mol. The molecule has 0 bridgehead atoms. The lowest BCUT2D eigenvalue weighted by Gasteiger charge is -2.11. The van der Waals surface area contributed by atoms with Gasteiger partial charge in [0.2, 0.25) is 0 Å². The predicted octanol–water partition coefficient (Wildman–Crippen LogP) is 3.14. The third-order valence-electron chi connectivity index (χ3n) is 3.84. The first-order chi connectivity index (χ1) is 13.3. The van der Waals surface area contributed by atoms with Gasteiger partial charge in [-0.3, -0.25) is 9.69 Å². The molecule has 7 nitrogen and oxygen atoms in total. The van der Waals surface area contributed by atoms with Crippen molar-refractivity contribution in [3.05, 3.63) is 69.6 Å². The summed E-state index contributed by atoms with van der Waals surface area (Å²) in [4.78, 5) is 36.5. The Hall–Kier alpha value is -3.20. The summed E-state index contributed by atoms with van der Waals surface area (Å²) in [6.07, 6.45) is 1.41. The Morgan fingerprint density at radius 3 is 2.61 bits per heavy atom. The summed E-state index contributed by atoms with van der Waals surface area (Å²) in [7, 11) is 0. The number of benzene rings is 2. The van der Waals surface area contributed by atoms with Crippen LogP contribution in [-0.2, 0) is 16.1 Å². The molecular formula is C19H14BrFN2O5. The number of carboxylic acid groups (broad SMARTS) is 1. The Labute approximate surface area is 167 Å². The number of imide groups is 1. The van der Waals surface area contributed by atoms with Crippen LogP contribution in [0.25, 0.3) is 6.08 Å². The summed E-state index contributed by atoms with van der Waals surface area (Å²) in [6, 6.07) is 9.71. The molecule has 9 heteroatoms. The molecule has 0 aliphatic carbocycles. The highest BCUT2D eigenvalue weighted by molar-refractivity contribution is 9.10. The number of aliphatic carboxylic acids is 1. The third-order valence-corrected chi connectivity index (χ3v) is 4.33. The number of carboxylic acids is 1. The zero-order chi connectivity index (χ0) is 20.3. The predicted molar refractivity (Wildman–Crippen MR) is 101 cm³/mol. The summed E-state index contributed by atoms with van der Waals surface area (Å²) in [5.41, 5.74) is 1.03. The Morgan fingerprint density at radius 2 is 1.93 bits per heavy atom. The second-order valence-electron chi connectivity index (χ2n) is 5.87. The molecular weight excluding hydrogens is 435 g/mol. The highest BCUT2D eigenvalue weighted by atomic mass is 79.9.